The van der Waals surface area contributed by atoms with E-state index >= 15 is 0 Å². The molecule has 3 aromatic rings. The Bertz CT molecular complexity index is 807. The Labute approximate surface area is 134 Å². The summed E-state index contributed by atoms with van der Waals surface area (Å²) in [7, 11) is 1.79. The third-order valence-electron chi connectivity index (χ3n) is 2.94. The smallest absolute Gasteiger partial charge is 0.223 e. The van der Waals surface area contributed by atoms with Gasteiger partial charge in [0.15, 0.2) is 10.9 Å². The number of rotatable bonds is 3. The second-order valence-electron chi connectivity index (χ2n) is 4.38. The maximum atomic E-state index is 13.8. The molecule has 0 radical (unpaired) electrons. The summed E-state index contributed by atoms with van der Waals surface area (Å²) in [5, 5.41) is 0.592. The molecule has 0 atom stereocenters. The van der Waals surface area contributed by atoms with Crippen molar-refractivity contribution in [2.24, 2.45) is 0 Å². The lowest BCUT2D eigenvalue weighted by Crippen LogP contribution is -2.08. The summed E-state index contributed by atoms with van der Waals surface area (Å²) in [6.45, 7) is 0. The van der Waals surface area contributed by atoms with Gasteiger partial charge in [0, 0.05) is 18.9 Å². The minimum absolute atomic E-state index is 0.0294. The lowest BCUT2D eigenvalue weighted by Gasteiger charge is -2.15. The first-order chi connectivity index (χ1) is 10.5. The van der Waals surface area contributed by atoms with E-state index in [4.69, 9.17) is 11.6 Å². The van der Waals surface area contributed by atoms with E-state index in [1.165, 1.54) is 29.7 Å². The van der Waals surface area contributed by atoms with Gasteiger partial charge < -0.3 is 4.90 Å². The van der Waals surface area contributed by atoms with Crippen molar-refractivity contribution < 1.29 is 8.78 Å². The molecular weight excluding hydrogens is 330 g/mol. The Morgan fingerprint density at radius 2 is 1.82 bits per heavy atom. The number of anilines is 2. The SMILES string of the molecule is CN(c1ccc(F)cc1)c1ncc(-c2nc(Cl)ncc2F)s1. The first-order valence-electron chi connectivity index (χ1n) is 6.18. The Hall–Kier alpha value is -2.12. The molecule has 0 N–H and O–H groups in total. The highest BCUT2D eigenvalue weighted by molar-refractivity contribution is 7.18. The molecule has 0 saturated heterocycles. The van der Waals surface area contributed by atoms with E-state index in [-0.39, 0.29) is 16.8 Å². The largest absolute Gasteiger partial charge is 0.321 e. The quantitative estimate of drug-likeness (QED) is 0.668. The maximum absolute atomic E-state index is 13.8. The molecule has 1 aromatic carbocycles. The third-order valence-corrected chi connectivity index (χ3v) is 4.21. The Balaban J connectivity index is 1.93. The summed E-state index contributed by atoms with van der Waals surface area (Å²) < 4.78 is 26.7. The van der Waals surface area contributed by atoms with Crippen LogP contribution in [0.1, 0.15) is 0 Å². The summed E-state index contributed by atoms with van der Waals surface area (Å²) >= 11 is 6.94. The lowest BCUT2D eigenvalue weighted by atomic mass is 10.3. The Morgan fingerprint density at radius 3 is 2.55 bits per heavy atom. The van der Waals surface area contributed by atoms with Crippen LogP contribution in [0.5, 0.6) is 0 Å². The molecule has 2 heterocycles. The Kier molecular flexibility index (Phi) is 4.00. The van der Waals surface area contributed by atoms with Crippen LogP contribution in [0.25, 0.3) is 10.6 Å². The predicted molar refractivity (Wildman–Crippen MR) is 82.6 cm³/mol. The average Bonchev–Trinajstić information content (AvgIpc) is 2.99. The van der Waals surface area contributed by atoms with Crippen LogP contribution in [0, 0.1) is 11.6 Å². The van der Waals surface area contributed by atoms with Gasteiger partial charge in [-0.2, -0.15) is 0 Å². The number of halogens is 3. The van der Waals surface area contributed by atoms with Gasteiger partial charge >= 0.3 is 0 Å². The van der Waals surface area contributed by atoms with Crippen LogP contribution in [0.3, 0.4) is 0 Å². The highest BCUT2D eigenvalue weighted by atomic mass is 35.5. The first kappa shape index (κ1) is 14.8. The number of nitrogens with zero attached hydrogens (tertiary/aromatic N) is 4. The van der Waals surface area contributed by atoms with Gasteiger partial charge in [-0.05, 0) is 35.9 Å². The summed E-state index contributed by atoms with van der Waals surface area (Å²) in [5.41, 5.74) is 0.875. The van der Waals surface area contributed by atoms with Crippen molar-refractivity contribution >= 4 is 33.8 Å². The van der Waals surface area contributed by atoms with E-state index in [1.807, 2.05) is 0 Å². The molecule has 112 valence electrons. The minimum atomic E-state index is -0.566. The van der Waals surface area contributed by atoms with Crippen LogP contribution in [0.15, 0.2) is 36.7 Å². The number of aromatic nitrogens is 3. The number of benzene rings is 1. The van der Waals surface area contributed by atoms with Gasteiger partial charge in [-0.3, -0.25) is 0 Å². The van der Waals surface area contributed by atoms with E-state index in [0.29, 0.717) is 10.0 Å². The fraction of sp³-hybridized carbons (Fsp3) is 0.0714. The minimum Gasteiger partial charge on any atom is -0.321 e. The van der Waals surface area contributed by atoms with Gasteiger partial charge in [0.05, 0.1) is 11.1 Å². The molecule has 8 heteroatoms. The highest BCUT2D eigenvalue weighted by Gasteiger charge is 2.15. The van der Waals surface area contributed by atoms with Gasteiger partial charge in [0.25, 0.3) is 0 Å². The van der Waals surface area contributed by atoms with Crippen molar-refractivity contribution in [3.63, 3.8) is 0 Å². The van der Waals surface area contributed by atoms with Gasteiger partial charge in [-0.25, -0.2) is 23.7 Å². The zero-order valence-corrected chi connectivity index (χ0v) is 12.9. The average molecular weight is 339 g/mol. The first-order valence-corrected chi connectivity index (χ1v) is 7.37. The van der Waals surface area contributed by atoms with Crippen molar-refractivity contribution in [3.8, 4) is 10.6 Å². The molecular formula is C14H9ClF2N4S. The zero-order valence-electron chi connectivity index (χ0n) is 11.3. The summed E-state index contributed by atoms with van der Waals surface area (Å²) in [4.78, 5) is 14.0. The number of hydrogen-bond acceptors (Lipinski definition) is 5. The van der Waals surface area contributed by atoms with Gasteiger partial charge in [0.2, 0.25) is 5.28 Å². The number of hydrogen-bond donors (Lipinski definition) is 0. The maximum Gasteiger partial charge on any atom is 0.223 e. The summed E-state index contributed by atoms with van der Waals surface area (Å²) in [6.07, 6.45) is 2.54. The molecule has 0 saturated carbocycles. The van der Waals surface area contributed by atoms with Crippen molar-refractivity contribution in [1.82, 2.24) is 15.0 Å². The van der Waals surface area contributed by atoms with Crippen molar-refractivity contribution in [1.29, 1.82) is 0 Å². The second-order valence-corrected chi connectivity index (χ2v) is 5.73. The van der Waals surface area contributed by atoms with Gasteiger partial charge in [0.1, 0.15) is 11.5 Å². The molecule has 4 nitrogen and oxygen atoms in total. The monoisotopic (exact) mass is 338 g/mol. The predicted octanol–water partition coefficient (Wildman–Crippen LogP) is 4.30. The van der Waals surface area contributed by atoms with Crippen LogP contribution in [0.2, 0.25) is 5.28 Å². The molecule has 0 bridgehead atoms. The van der Waals surface area contributed by atoms with E-state index in [2.05, 4.69) is 15.0 Å². The summed E-state index contributed by atoms with van der Waals surface area (Å²) in [5.74, 6) is -0.876. The Morgan fingerprint density at radius 1 is 1.09 bits per heavy atom. The molecule has 0 amide bonds. The fourth-order valence-corrected chi connectivity index (χ4v) is 2.85. The van der Waals surface area contributed by atoms with Gasteiger partial charge in [-0.1, -0.05) is 11.3 Å². The molecule has 0 fully saturated rings. The second kappa shape index (κ2) is 5.94. The fourth-order valence-electron chi connectivity index (χ4n) is 1.82. The van der Waals surface area contributed by atoms with Crippen molar-refractivity contribution in [3.05, 3.63) is 53.6 Å². The summed E-state index contributed by atoms with van der Waals surface area (Å²) in [6, 6.07) is 6.01. The molecule has 0 aliphatic carbocycles. The van der Waals surface area contributed by atoms with E-state index in [1.54, 1.807) is 24.1 Å². The van der Waals surface area contributed by atoms with Crippen LogP contribution in [-0.4, -0.2) is 22.0 Å². The topological polar surface area (TPSA) is 41.9 Å². The molecule has 0 aliphatic heterocycles. The molecule has 0 aliphatic rings. The van der Waals surface area contributed by atoms with Crippen LogP contribution >= 0.6 is 22.9 Å². The van der Waals surface area contributed by atoms with Crippen molar-refractivity contribution in [2.75, 3.05) is 11.9 Å². The van der Waals surface area contributed by atoms with Gasteiger partial charge in [-0.15, -0.1) is 0 Å². The van der Waals surface area contributed by atoms with Crippen LogP contribution in [0.4, 0.5) is 19.6 Å². The molecule has 22 heavy (non-hydrogen) atoms. The number of thiazole rings is 1. The van der Waals surface area contributed by atoms with Crippen molar-refractivity contribution in [2.45, 2.75) is 0 Å². The molecule has 0 spiro atoms. The standard InChI is InChI=1S/C14H9ClF2N4S/c1-21(9-4-2-8(16)3-5-9)14-19-7-11(22-14)12-10(17)6-18-13(15)20-12/h2-7H,1H3. The third kappa shape index (κ3) is 2.90. The molecule has 2 aromatic heterocycles. The van der Waals surface area contributed by atoms with E-state index < -0.39 is 5.82 Å². The van der Waals surface area contributed by atoms with Crippen LogP contribution < -0.4 is 4.90 Å². The van der Waals surface area contributed by atoms with E-state index in [0.717, 1.165) is 11.9 Å². The zero-order chi connectivity index (χ0) is 15.7. The molecule has 0 unspecified atom stereocenters. The lowest BCUT2D eigenvalue weighted by molar-refractivity contribution is 0.618. The molecule has 3 rings (SSSR count). The van der Waals surface area contributed by atoms with E-state index in [9.17, 15) is 8.78 Å². The van der Waals surface area contributed by atoms with Crippen LogP contribution in [-0.2, 0) is 0 Å². The highest BCUT2D eigenvalue weighted by Crippen LogP contribution is 2.34. The normalized spacial score (nSPS) is 10.7.